The molecule has 31 heavy (non-hydrogen) atoms. The minimum atomic E-state index is -3.45. The largest absolute Gasteiger partial charge is 0.350 e. The molecule has 0 unspecified atom stereocenters. The molecule has 2 heterocycles. The van der Waals surface area contributed by atoms with Crippen LogP contribution in [0.5, 0.6) is 0 Å². The van der Waals surface area contributed by atoms with Crippen molar-refractivity contribution in [3.05, 3.63) is 54.1 Å². The van der Waals surface area contributed by atoms with Crippen LogP contribution in [0, 0.1) is 0 Å². The number of amides is 1. The number of sulfonamides is 1. The maximum atomic E-state index is 12.8. The summed E-state index contributed by atoms with van der Waals surface area (Å²) in [5.74, 6) is -0.195. The first kappa shape index (κ1) is 21.8. The molecular weight excluding hydrogens is 412 g/mol. The highest BCUT2D eigenvalue weighted by molar-refractivity contribution is 7.89. The molecule has 8 heteroatoms. The van der Waals surface area contributed by atoms with Gasteiger partial charge in [-0.05, 0) is 69.2 Å². The minimum Gasteiger partial charge on any atom is -0.350 e. The van der Waals surface area contributed by atoms with Gasteiger partial charge in [-0.1, -0.05) is 18.1 Å². The summed E-state index contributed by atoms with van der Waals surface area (Å²) in [6.07, 6.45) is 14.1. The quantitative estimate of drug-likeness (QED) is 0.663. The SMILES string of the molecule is O=C(NCCC1=CCCCC1)c1cn(-c2ccc(S(=O)(=O)N3CCCCC3)cc2)cn1. The summed E-state index contributed by atoms with van der Waals surface area (Å²) in [6.45, 7) is 1.78. The smallest absolute Gasteiger partial charge is 0.271 e. The van der Waals surface area contributed by atoms with Gasteiger partial charge < -0.3 is 9.88 Å². The molecule has 0 saturated carbocycles. The normalized spacial score (nSPS) is 17.9. The predicted molar refractivity (Wildman–Crippen MR) is 120 cm³/mol. The molecule has 1 amide bonds. The molecule has 0 bridgehead atoms. The molecule has 166 valence electrons. The van der Waals surface area contributed by atoms with E-state index in [-0.39, 0.29) is 5.91 Å². The van der Waals surface area contributed by atoms with Gasteiger partial charge in [0.25, 0.3) is 5.91 Å². The first-order valence-corrected chi connectivity index (χ1v) is 12.6. The zero-order valence-electron chi connectivity index (χ0n) is 17.8. The molecule has 2 aliphatic rings. The lowest BCUT2D eigenvalue weighted by molar-refractivity contribution is 0.0949. The van der Waals surface area contributed by atoms with Gasteiger partial charge in [-0.3, -0.25) is 4.79 Å². The molecule has 2 aromatic rings. The lowest BCUT2D eigenvalue weighted by atomic mass is 9.97. The Labute approximate surface area is 184 Å². The number of imidazole rings is 1. The Bertz CT molecular complexity index is 1040. The van der Waals surface area contributed by atoms with E-state index >= 15 is 0 Å². The maximum absolute atomic E-state index is 12.8. The Morgan fingerprint density at radius 1 is 1.03 bits per heavy atom. The Morgan fingerprint density at radius 2 is 1.81 bits per heavy atom. The lowest BCUT2D eigenvalue weighted by Gasteiger charge is -2.25. The number of nitrogens with zero attached hydrogens (tertiary/aromatic N) is 3. The summed E-state index contributed by atoms with van der Waals surface area (Å²) in [6, 6.07) is 6.74. The highest BCUT2D eigenvalue weighted by Crippen LogP contribution is 2.22. The van der Waals surface area contributed by atoms with Gasteiger partial charge in [-0.25, -0.2) is 13.4 Å². The summed E-state index contributed by atoms with van der Waals surface area (Å²) in [4.78, 5) is 16.9. The predicted octanol–water partition coefficient (Wildman–Crippen LogP) is 3.67. The van der Waals surface area contributed by atoms with Gasteiger partial charge in [-0.2, -0.15) is 4.31 Å². The third-order valence-electron chi connectivity index (χ3n) is 6.02. The maximum Gasteiger partial charge on any atom is 0.271 e. The van der Waals surface area contributed by atoms with Crippen molar-refractivity contribution >= 4 is 15.9 Å². The summed E-state index contributed by atoms with van der Waals surface area (Å²) >= 11 is 0. The number of allylic oxidation sites excluding steroid dienone is 1. The van der Waals surface area contributed by atoms with Crippen LogP contribution in [0.25, 0.3) is 5.69 Å². The monoisotopic (exact) mass is 442 g/mol. The van der Waals surface area contributed by atoms with Crippen LogP contribution in [0.1, 0.15) is 61.9 Å². The molecule has 4 rings (SSSR count). The molecular formula is C23H30N4O3S. The van der Waals surface area contributed by atoms with E-state index in [2.05, 4.69) is 16.4 Å². The van der Waals surface area contributed by atoms with E-state index in [0.717, 1.165) is 44.2 Å². The summed E-state index contributed by atoms with van der Waals surface area (Å²) in [5, 5.41) is 2.94. The first-order valence-electron chi connectivity index (χ1n) is 11.1. The van der Waals surface area contributed by atoms with Gasteiger partial charge in [0.05, 0.1) is 4.90 Å². The molecule has 1 fully saturated rings. The number of rotatable bonds is 7. The van der Waals surface area contributed by atoms with Crippen LogP contribution in [0.4, 0.5) is 0 Å². The van der Waals surface area contributed by atoms with E-state index in [1.54, 1.807) is 45.7 Å². The van der Waals surface area contributed by atoms with Gasteiger partial charge in [-0.15, -0.1) is 0 Å². The standard InChI is InChI=1S/C23H30N4O3S/c28-23(24-14-13-19-7-3-1-4-8-19)22-17-26(18-25-22)20-9-11-21(12-10-20)31(29,30)27-15-5-2-6-16-27/h7,9-12,17-18H,1-6,8,13-16H2,(H,24,28). The summed E-state index contributed by atoms with van der Waals surface area (Å²) < 4.78 is 28.9. The number of nitrogens with one attached hydrogen (secondary N) is 1. The second kappa shape index (κ2) is 9.78. The molecule has 0 atom stereocenters. The molecule has 1 N–H and O–H groups in total. The molecule has 1 saturated heterocycles. The Hall–Kier alpha value is -2.45. The number of aromatic nitrogens is 2. The van der Waals surface area contributed by atoms with Gasteiger partial charge in [0.15, 0.2) is 0 Å². The van der Waals surface area contributed by atoms with Crippen LogP contribution < -0.4 is 5.32 Å². The zero-order valence-corrected chi connectivity index (χ0v) is 18.6. The molecule has 1 aliphatic heterocycles. The molecule has 1 aromatic carbocycles. The number of piperidine rings is 1. The number of hydrogen-bond donors (Lipinski definition) is 1. The van der Waals surface area contributed by atoms with Crippen LogP contribution in [0.15, 0.2) is 53.3 Å². The number of benzene rings is 1. The van der Waals surface area contributed by atoms with Crippen LogP contribution in [-0.4, -0.2) is 47.8 Å². The van der Waals surface area contributed by atoms with Gasteiger partial charge in [0.2, 0.25) is 10.0 Å². The molecule has 1 aromatic heterocycles. The van der Waals surface area contributed by atoms with Crippen molar-refractivity contribution in [2.24, 2.45) is 0 Å². The van der Waals surface area contributed by atoms with Gasteiger partial charge >= 0.3 is 0 Å². The van der Waals surface area contributed by atoms with Crippen LogP contribution >= 0.6 is 0 Å². The van der Waals surface area contributed by atoms with E-state index in [4.69, 9.17) is 0 Å². The Kier molecular flexibility index (Phi) is 6.87. The zero-order chi connectivity index (χ0) is 21.7. The number of carbonyl (C=O) groups excluding carboxylic acids is 1. The fourth-order valence-corrected chi connectivity index (χ4v) is 5.70. The average molecular weight is 443 g/mol. The van der Waals surface area contributed by atoms with Crippen molar-refractivity contribution in [2.75, 3.05) is 19.6 Å². The Balaban J connectivity index is 1.37. The van der Waals surface area contributed by atoms with Crippen molar-refractivity contribution in [1.29, 1.82) is 0 Å². The molecule has 0 spiro atoms. The lowest BCUT2D eigenvalue weighted by Crippen LogP contribution is -2.35. The van der Waals surface area contributed by atoms with E-state index < -0.39 is 10.0 Å². The minimum absolute atomic E-state index is 0.195. The van der Waals surface area contributed by atoms with Crippen molar-refractivity contribution in [1.82, 2.24) is 19.2 Å². The average Bonchev–Trinajstić information content (AvgIpc) is 3.31. The molecule has 1 aliphatic carbocycles. The van der Waals surface area contributed by atoms with E-state index in [1.165, 1.54) is 18.4 Å². The van der Waals surface area contributed by atoms with Crippen LogP contribution in [0.2, 0.25) is 0 Å². The third-order valence-corrected chi connectivity index (χ3v) is 7.93. The van der Waals surface area contributed by atoms with Crippen molar-refractivity contribution < 1.29 is 13.2 Å². The van der Waals surface area contributed by atoms with E-state index in [9.17, 15) is 13.2 Å². The fraction of sp³-hybridized carbons (Fsp3) is 0.478. The summed E-state index contributed by atoms with van der Waals surface area (Å²) in [7, 11) is -3.45. The van der Waals surface area contributed by atoms with Crippen molar-refractivity contribution in [3.63, 3.8) is 0 Å². The van der Waals surface area contributed by atoms with E-state index in [0.29, 0.717) is 30.2 Å². The van der Waals surface area contributed by atoms with Crippen molar-refractivity contribution in [2.45, 2.75) is 56.3 Å². The van der Waals surface area contributed by atoms with Crippen LogP contribution in [0.3, 0.4) is 0 Å². The number of hydrogen-bond acceptors (Lipinski definition) is 4. The number of carbonyl (C=O) groups is 1. The molecule has 7 nitrogen and oxygen atoms in total. The second-order valence-corrected chi connectivity index (χ2v) is 10.2. The summed E-state index contributed by atoms with van der Waals surface area (Å²) in [5.41, 5.74) is 2.54. The van der Waals surface area contributed by atoms with Gasteiger partial charge in [0.1, 0.15) is 12.0 Å². The highest BCUT2D eigenvalue weighted by atomic mass is 32.2. The highest BCUT2D eigenvalue weighted by Gasteiger charge is 2.25. The Morgan fingerprint density at radius 3 is 2.52 bits per heavy atom. The molecule has 0 radical (unpaired) electrons. The topological polar surface area (TPSA) is 84.3 Å². The van der Waals surface area contributed by atoms with Gasteiger partial charge in [0, 0.05) is 31.5 Å². The van der Waals surface area contributed by atoms with Crippen LogP contribution in [-0.2, 0) is 10.0 Å². The third kappa shape index (κ3) is 5.25. The fourth-order valence-electron chi connectivity index (χ4n) is 4.18. The van der Waals surface area contributed by atoms with Crippen molar-refractivity contribution in [3.8, 4) is 5.69 Å². The second-order valence-electron chi connectivity index (χ2n) is 8.24. The van der Waals surface area contributed by atoms with E-state index in [1.807, 2.05) is 0 Å². The first-order chi connectivity index (χ1) is 15.0.